The molecule has 0 spiro atoms. The predicted octanol–water partition coefficient (Wildman–Crippen LogP) is -0.542. The summed E-state index contributed by atoms with van der Waals surface area (Å²) in [5.74, 6) is -1.16. The summed E-state index contributed by atoms with van der Waals surface area (Å²) in [4.78, 5) is 14.9. The molecule has 0 radical (unpaired) electrons. The molecule has 1 saturated heterocycles. The molecule has 1 heterocycles. The van der Waals surface area contributed by atoms with Gasteiger partial charge in [-0.15, -0.1) is 0 Å². The summed E-state index contributed by atoms with van der Waals surface area (Å²) in [7, 11) is 4.03. The number of aliphatic hydroxyl groups is 1. The van der Waals surface area contributed by atoms with Crippen molar-refractivity contribution in [1.82, 2.24) is 9.80 Å². The number of carboxylic acids is 1. The number of rotatable bonds is 4. The fourth-order valence-electron chi connectivity index (χ4n) is 1.88. The summed E-state index contributed by atoms with van der Waals surface area (Å²) in [5.41, 5.74) is -1.64. The van der Waals surface area contributed by atoms with Gasteiger partial charge >= 0.3 is 5.97 Å². The van der Waals surface area contributed by atoms with E-state index in [4.69, 9.17) is 5.11 Å². The number of aliphatic carboxylic acids is 1. The van der Waals surface area contributed by atoms with Crippen molar-refractivity contribution in [3.63, 3.8) is 0 Å². The third kappa shape index (κ3) is 3.15. The van der Waals surface area contributed by atoms with Crippen molar-refractivity contribution >= 4 is 5.97 Å². The average Bonchev–Trinajstić information content (AvgIpc) is 2.51. The fraction of sp³-hybridized carbons (Fsp3) is 0.900. The van der Waals surface area contributed by atoms with Crippen LogP contribution in [0.3, 0.4) is 0 Å². The largest absolute Gasteiger partial charge is 0.479 e. The van der Waals surface area contributed by atoms with Gasteiger partial charge in [-0.2, -0.15) is 0 Å². The van der Waals surface area contributed by atoms with Gasteiger partial charge in [-0.25, -0.2) is 4.79 Å². The van der Waals surface area contributed by atoms with Crippen LogP contribution in [-0.4, -0.2) is 71.4 Å². The van der Waals surface area contributed by atoms with Gasteiger partial charge in [0.1, 0.15) is 0 Å². The first-order chi connectivity index (χ1) is 6.83. The zero-order valence-electron chi connectivity index (χ0n) is 9.60. The Balaban J connectivity index is 2.46. The molecule has 2 atom stereocenters. The van der Waals surface area contributed by atoms with Gasteiger partial charge in [-0.05, 0) is 34.0 Å². The van der Waals surface area contributed by atoms with Crippen molar-refractivity contribution in [1.29, 1.82) is 0 Å². The second-order valence-corrected chi connectivity index (χ2v) is 4.72. The molecule has 0 aliphatic carbocycles. The van der Waals surface area contributed by atoms with E-state index in [0.29, 0.717) is 6.04 Å². The fourth-order valence-corrected chi connectivity index (χ4v) is 1.88. The first-order valence-electron chi connectivity index (χ1n) is 5.17. The maximum absolute atomic E-state index is 10.7. The van der Waals surface area contributed by atoms with Crippen molar-refractivity contribution in [3.05, 3.63) is 0 Å². The molecule has 88 valence electrons. The number of carbonyl (C=O) groups is 1. The summed E-state index contributed by atoms with van der Waals surface area (Å²) in [6.07, 6.45) is 1.03. The zero-order chi connectivity index (χ0) is 11.6. The molecule has 1 aliphatic rings. The van der Waals surface area contributed by atoms with Gasteiger partial charge in [0.15, 0.2) is 5.60 Å². The van der Waals surface area contributed by atoms with Gasteiger partial charge in [0, 0.05) is 19.1 Å². The maximum atomic E-state index is 10.7. The van der Waals surface area contributed by atoms with Crippen LogP contribution in [-0.2, 0) is 4.79 Å². The van der Waals surface area contributed by atoms with E-state index in [2.05, 4.69) is 4.90 Å². The quantitative estimate of drug-likeness (QED) is 0.660. The highest BCUT2D eigenvalue weighted by Crippen LogP contribution is 2.16. The molecule has 2 unspecified atom stereocenters. The lowest BCUT2D eigenvalue weighted by Crippen LogP contribution is -2.46. The minimum absolute atomic E-state index is 0.201. The molecule has 5 nitrogen and oxygen atoms in total. The number of hydrogen-bond donors (Lipinski definition) is 2. The van der Waals surface area contributed by atoms with Crippen molar-refractivity contribution in [3.8, 4) is 0 Å². The number of β-amino-alcohol motifs (C(OH)–C–C–N with tert-alkyl or cyclic N) is 1. The molecule has 1 rings (SSSR count). The van der Waals surface area contributed by atoms with E-state index in [0.717, 1.165) is 19.5 Å². The van der Waals surface area contributed by atoms with Crippen molar-refractivity contribution in [2.24, 2.45) is 0 Å². The Hall–Kier alpha value is -0.650. The van der Waals surface area contributed by atoms with Gasteiger partial charge in [0.25, 0.3) is 0 Å². The smallest absolute Gasteiger partial charge is 0.336 e. The van der Waals surface area contributed by atoms with Crippen molar-refractivity contribution < 1.29 is 15.0 Å². The molecule has 0 bridgehead atoms. The van der Waals surface area contributed by atoms with E-state index in [1.165, 1.54) is 6.92 Å². The number of nitrogens with zero attached hydrogens (tertiary/aromatic N) is 2. The molecular formula is C10H20N2O3. The first-order valence-corrected chi connectivity index (χ1v) is 5.17. The molecule has 0 amide bonds. The monoisotopic (exact) mass is 216 g/mol. The summed E-state index contributed by atoms with van der Waals surface area (Å²) >= 11 is 0. The van der Waals surface area contributed by atoms with E-state index >= 15 is 0 Å². The third-order valence-electron chi connectivity index (χ3n) is 2.97. The van der Waals surface area contributed by atoms with Gasteiger partial charge in [0.2, 0.25) is 0 Å². The highest BCUT2D eigenvalue weighted by molar-refractivity contribution is 5.76. The summed E-state index contributed by atoms with van der Waals surface area (Å²) in [5, 5.41) is 18.4. The van der Waals surface area contributed by atoms with E-state index < -0.39 is 11.6 Å². The standard InChI is InChI=1S/C10H20N2O3/c1-10(15,9(13)14)7-12-5-4-8(6-12)11(2)3/h8,15H,4-7H2,1-3H3,(H,13,14). The lowest BCUT2D eigenvalue weighted by Gasteiger charge is -2.26. The van der Waals surface area contributed by atoms with E-state index in [-0.39, 0.29) is 6.54 Å². The molecule has 0 aromatic heterocycles. The van der Waals surface area contributed by atoms with Crippen LogP contribution in [0.4, 0.5) is 0 Å². The van der Waals surface area contributed by atoms with Gasteiger partial charge in [-0.1, -0.05) is 0 Å². The molecule has 0 aromatic carbocycles. The van der Waals surface area contributed by atoms with Gasteiger partial charge < -0.3 is 15.1 Å². The molecule has 1 fully saturated rings. The van der Waals surface area contributed by atoms with Gasteiger partial charge in [-0.3, -0.25) is 4.90 Å². The lowest BCUT2D eigenvalue weighted by atomic mass is 10.1. The number of likely N-dealkylation sites (tertiary alicyclic amines) is 1. The SMILES string of the molecule is CN(C)C1CCN(CC(C)(O)C(=O)O)C1. The number of carboxylic acid groups (broad SMARTS) is 1. The molecule has 15 heavy (non-hydrogen) atoms. The zero-order valence-corrected chi connectivity index (χ0v) is 9.60. The second-order valence-electron chi connectivity index (χ2n) is 4.72. The van der Waals surface area contributed by atoms with Crippen molar-refractivity contribution in [2.75, 3.05) is 33.7 Å². The van der Waals surface area contributed by atoms with E-state index in [1.54, 1.807) is 0 Å². The van der Waals surface area contributed by atoms with Crippen LogP contribution < -0.4 is 0 Å². The van der Waals surface area contributed by atoms with E-state index in [1.807, 2.05) is 19.0 Å². The summed E-state index contributed by atoms with van der Waals surface area (Å²) in [6.45, 7) is 3.23. The van der Waals surface area contributed by atoms with E-state index in [9.17, 15) is 9.90 Å². The van der Waals surface area contributed by atoms with Crippen LogP contribution >= 0.6 is 0 Å². The molecule has 1 aliphatic heterocycles. The minimum atomic E-state index is -1.64. The van der Waals surface area contributed by atoms with Crippen LogP contribution in [0.15, 0.2) is 0 Å². The average molecular weight is 216 g/mol. The molecule has 0 aromatic rings. The molecule has 0 saturated carbocycles. The highest BCUT2D eigenvalue weighted by atomic mass is 16.4. The Kier molecular flexibility index (Phi) is 3.70. The summed E-state index contributed by atoms with van der Waals surface area (Å²) < 4.78 is 0. The third-order valence-corrected chi connectivity index (χ3v) is 2.97. The normalized spacial score (nSPS) is 26.9. The lowest BCUT2D eigenvalue weighted by molar-refractivity contribution is -0.158. The number of likely N-dealkylation sites (N-methyl/N-ethyl adjacent to an activating group) is 1. The first kappa shape index (κ1) is 12.4. The van der Waals surface area contributed by atoms with Crippen LogP contribution in [0.25, 0.3) is 0 Å². The van der Waals surface area contributed by atoms with Crippen LogP contribution in [0, 0.1) is 0 Å². The highest BCUT2D eigenvalue weighted by Gasteiger charge is 2.35. The number of hydrogen-bond acceptors (Lipinski definition) is 4. The topological polar surface area (TPSA) is 64.0 Å². The Labute approximate surface area is 90.3 Å². The molecular weight excluding hydrogens is 196 g/mol. The minimum Gasteiger partial charge on any atom is -0.479 e. The Bertz CT molecular complexity index is 241. The second kappa shape index (κ2) is 4.47. The predicted molar refractivity (Wildman–Crippen MR) is 56.8 cm³/mol. The maximum Gasteiger partial charge on any atom is 0.336 e. The van der Waals surface area contributed by atoms with Crippen molar-refractivity contribution in [2.45, 2.75) is 25.0 Å². The Morgan fingerprint density at radius 2 is 2.20 bits per heavy atom. The molecule has 2 N–H and O–H groups in total. The Morgan fingerprint density at radius 3 is 2.60 bits per heavy atom. The summed E-state index contributed by atoms with van der Waals surface area (Å²) in [6, 6.07) is 0.467. The van der Waals surface area contributed by atoms with Crippen LogP contribution in [0.2, 0.25) is 0 Å². The Morgan fingerprint density at radius 1 is 1.60 bits per heavy atom. The molecule has 5 heteroatoms. The van der Waals surface area contributed by atoms with Gasteiger partial charge in [0.05, 0.1) is 0 Å². The van der Waals surface area contributed by atoms with Crippen LogP contribution in [0.1, 0.15) is 13.3 Å². The van der Waals surface area contributed by atoms with Crippen LogP contribution in [0.5, 0.6) is 0 Å².